The highest BCUT2D eigenvalue weighted by molar-refractivity contribution is 8.13. The number of amidine groups is 1. The molecular formula is C12H13ClN4OS. The number of hydrogen-bond acceptors (Lipinski definition) is 3. The zero-order valence-electron chi connectivity index (χ0n) is 10.3. The lowest BCUT2D eigenvalue weighted by atomic mass is 10.3. The second kappa shape index (κ2) is 5.54. The quantitative estimate of drug-likeness (QED) is 0.671. The minimum absolute atomic E-state index is 0.00373. The van der Waals surface area contributed by atoms with Crippen LogP contribution in [0.15, 0.2) is 35.1 Å². The van der Waals surface area contributed by atoms with E-state index in [1.807, 2.05) is 30.3 Å². The highest BCUT2D eigenvalue weighted by atomic mass is 35.5. The summed E-state index contributed by atoms with van der Waals surface area (Å²) in [6, 6.07) is 9.25. The van der Waals surface area contributed by atoms with E-state index >= 15 is 0 Å². The minimum Gasteiger partial charge on any atom is -0.379 e. The maximum Gasteiger partial charge on any atom is 0.290 e. The lowest BCUT2D eigenvalue weighted by Crippen LogP contribution is -2.19. The van der Waals surface area contributed by atoms with Gasteiger partial charge in [0.25, 0.3) is 5.56 Å². The SMILES string of the molecule is Cn1c(CSC(=N)N)c(Cl)c(=O)n1-c1ccccc1. The molecule has 19 heavy (non-hydrogen) atoms. The van der Waals surface area contributed by atoms with E-state index in [4.69, 9.17) is 22.7 Å². The molecule has 0 saturated heterocycles. The lowest BCUT2D eigenvalue weighted by Gasteiger charge is -2.09. The summed E-state index contributed by atoms with van der Waals surface area (Å²) >= 11 is 7.21. The van der Waals surface area contributed by atoms with E-state index in [-0.39, 0.29) is 15.7 Å². The number of para-hydroxylation sites is 1. The predicted molar refractivity (Wildman–Crippen MR) is 79.2 cm³/mol. The number of halogens is 1. The Hall–Kier alpha value is -1.66. The van der Waals surface area contributed by atoms with Gasteiger partial charge in [-0.25, -0.2) is 4.68 Å². The molecule has 1 heterocycles. The summed E-state index contributed by atoms with van der Waals surface area (Å²) in [6.45, 7) is 0. The average Bonchev–Trinajstić information content (AvgIpc) is 2.59. The van der Waals surface area contributed by atoms with Crippen molar-refractivity contribution in [1.29, 1.82) is 5.41 Å². The number of benzene rings is 1. The van der Waals surface area contributed by atoms with Gasteiger partial charge in [-0.1, -0.05) is 41.6 Å². The molecule has 0 fully saturated rings. The number of hydrogen-bond donors (Lipinski definition) is 2. The van der Waals surface area contributed by atoms with Gasteiger partial charge in [-0.05, 0) is 12.1 Å². The van der Waals surface area contributed by atoms with Crippen molar-refractivity contribution in [3.63, 3.8) is 0 Å². The zero-order valence-corrected chi connectivity index (χ0v) is 11.8. The Morgan fingerprint density at radius 1 is 1.42 bits per heavy atom. The predicted octanol–water partition coefficient (Wildman–Crippen LogP) is 1.96. The molecule has 2 aromatic rings. The molecule has 1 aromatic heterocycles. The highest BCUT2D eigenvalue weighted by Crippen LogP contribution is 2.20. The van der Waals surface area contributed by atoms with Gasteiger partial charge in [-0.2, -0.15) is 0 Å². The van der Waals surface area contributed by atoms with Gasteiger partial charge in [-0.3, -0.25) is 14.9 Å². The Kier molecular flexibility index (Phi) is 4.01. The molecule has 0 atom stereocenters. The monoisotopic (exact) mass is 296 g/mol. The second-order valence-corrected chi connectivity index (χ2v) is 5.28. The lowest BCUT2D eigenvalue weighted by molar-refractivity contribution is 0.628. The minimum atomic E-state index is -0.269. The van der Waals surface area contributed by atoms with Crippen LogP contribution in [0.25, 0.3) is 5.69 Å². The molecule has 0 spiro atoms. The van der Waals surface area contributed by atoms with Crippen molar-refractivity contribution < 1.29 is 0 Å². The van der Waals surface area contributed by atoms with Crippen LogP contribution in [0.3, 0.4) is 0 Å². The van der Waals surface area contributed by atoms with Gasteiger partial charge < -0.3 is 5.73 Å². The summed E-state index contributed by atoms with van der Waals surface area (Å²) in [5.74, 6) is 0.389. The Morgan fingerprint density at radius 2 is 2.05 bits per heavy atom. The van der Waals surface area contributed by atoms with E-state index in [0.717, 1.165) is 17.4 Å². The van der Waals surface area contributed by atoms with Gasteiger partial charge in [-0.15, -0.1) is 0 Å². The van der Waals surface area contributed by atoms with Crippen LogP contribution in [0.4, 0.5) is 0 Å². The molecule has 0 aliphatic carbocycles. The maximum absolute atomic E-state index is 12.2. The maximum atomic E-state index is 12.2. The van der Waals surface area contributed by atoms with Crippen molar-refractivity contribution in [2.45, 2.75) is 5.75 Å². The summed E-state index contributed by atoms with van der Waals surface area (Å²) in [5, 5.41) is 7.38. The van der Waals surface area contributed by atoms with Crippen molar-refractivity contribution in [2.75, 3.05) is 0 Å². The van der Waals surface area contributed by atoms with Gasteiger partial charge in [0.1, 0.15) is 5.02 Å². The third kappa shape index (κ3) is 2.69. The third-order valence-electron chi connectivity index (χ3n) is 2.69. The second-order valence-electron chi connectivity index (χ2n) is 3.89. The van der Waals surface area contributed by atoms with Crippen LogP contribution in [0, 0.1) is 5.41 Å². The fraction of sp³-hybridized carbons (Fsp3) is 0.167. The Balaban J connectivity index is 2.50. The molecule has 2 rings (SSSR count). The molecule has 0 aliphatic heterocycles. The van der Waals surface area contributed by atoms with Crippen molar-refractivity contribution in [2.24, 2.45) is 12.8 Å². The number of nitrogens with zero attached hydrogens (tertiary/aromatic N) is 2. The van der Waals surface area contributed by atoms with Crippen LogP contribution in [-0.4, -0.2) is 14.5 Å². The topological polar surface area (TPSA) is 76.8 Å². The van der Waals surface area contributed by atoms with E-state index in [2.05, 4.69) is 0 Å². The molecule has 0 amide bonds. The third-order valence-corrected chi connectivity index (χ3v) is 3.80. The Bertz CT molecular complexity index is 662. The highest BCUT2D eigenvalue weighted by Gasteiger charge is 2.17. The van der Waals surface area contributed by atoms with Crippen LogP contribution >= 0.6 is 23.4 Å². The normalized spacial score (nSPS) is 10.6. The standard InChI is InChI=1S/C12H13ClN4OS/c1-16-9(7-19-12(14)15)10(13)11(18)17(16)8-5-3-2-4-6-8/h2-6H,7H2,1H3,(H3,14,15). The van der Waals surface area contributed by atoms with Gasteiger partial charge in [0.2, 0.25) is 0 Å². The van der Waals surface area contributed by atoms with E-state index in [9.17, 15) is 4.79 Å². The first-order chi connectivity index (χ1) is 9.02. The van der Waals surface area contributed by atoms with Crippen LogP contribution in [0.5, 0.6) is 0 Å². The molecule has 0 bridgehead atoms. The molecule has 3 N–H and O–H groups in total. The van der Waals surface area contributed by atoms with Crippen molar-refractivity contribution in [3.8, 4) is 5.69 Å². The van der Waals surface area contributed by atoms with E-state index < -0.39 is 0 Å². The van der Waals surface area contributed by atoms with Crippen molar-refractivity contribution >= 4 is 28.5 Å². The van der Waals surface area contributed by atoms with Crippen LogP contribution in [-0.2, 0) is 12.8 Å². The molecule has 0 unspecified atom stereocenters. The van der Waals surface area contributed by atoms with E-state index in [0.29, 0.717) is 11.4 Å². The van der Waals surface area contributed by atoms with E-state index in [1.165, 1.54) is 4.68 Å². The van der Waals surface area contributed by atoms with Crippen LogP contribution in [0.1, 0.15) is 5.69 Å². The van der Waals surface area contributed by atoms with Gasteiger partial charge >= 0.3 is 0 Å². The first-order valence-electron chi connectivity index (χ1n) is 5.51. The van der Waals surface area contributed by atoms with Crippen molar-refractivity contribution in [3.05, 3.63) is 51.4 Å². The summed E-state index contributed by atoms with van der Waals surface area (Å²) in [4.78, 5) is 12.2. The fourth-order valence-electron chi connectivity index (χ4n) is 1.78. The number of aromatic nitrogens is 2. The smallest absolute Gasteiger partial charge is 0.290 e. The van der Waals surface area contributed by atoms with Gasteiger partial charge in [0, 0.05) is 12.8 Å². The molecule has 0 saturated carbocycles. The fourth-order valence-corrected chi connectivity index (χ4v) is 2.75. The number of nitrogens with one attached hydrogen (secondary N) is 1. The Morgan fingerprint density at radius 3 is 2.63 bits per heavy atom. The largest absolute Gasteiger partial charge is 0.379 e. The number of rotatable bonds is 3. The Labute approximate surface area is 119 Å². The summed E-state index contributed by atoms with van der Waals surface area (Å²) < 4.78 is 3.19. The van der Waals surface area contributed by atoms with Gasteiger partial charge in [0.05, 0.1) is 11.4 Å². The van der Waals surface area contributed by atoms with E-state index in [1.54, 1.807) is 11.7 Å². The molecule has 0 aliphatic rings. The molecule has 100 valence electrons. The summed E-state index contributed by atoms with van der Waals surface area (Å²) in [5.41, 5.74) is 6.43. The average molecular weight is 297 g/mol. The number of nitrogens with two attached hydrogens (primary N) is 1. The first-order valence-corrected chi connectivity index (χ1v) is 6.87. The molecule has 1 aromatic carbocycles. The molecular weight excluding hydrogens is 284 g/mol. The van der Waals surface area contributed by atoms with Gasteiger partial charge in [0.15, 0.2) is 5.17 Å². The summed E-state index contributed by atoms with van der Waals surface area (Å²) in [7, 11) is 1.76. The first kappa shape index (κ1) is 13.8. The molecule has 5 nitrogen and oxygen atoms in total. The van der Waals surface area contributed by atoms with Crippen LogP contribution in [0.2, 0.25) is 5.02 Å². The van der Waals surface area contributed by atoms with Crippen molar-refractivity contribution in [1.82, 2.24) is 9.36 Å². The molecule has 7 heteroatoms. The molecule has 0 radical (unpaired) electrons. The zero-order chi connectivity index (χ0) is 14.0. The van der Waals surface area contributed by atoms with Crippen LogP contribution < -0.4 is 11.3 Å². The number of thioether (sulfide) groups is 1. The summed E-state index contributed by atoms with van der Waals surface area (Å²) in [6.07, 6.45) is 0.